The number of hydrogen-bond acceptors (Lipinski definition) is 7. The second kappa shape index (κ2) is 8.14. The molecular weight excluding hydrogens is 420 g/mol. The molecule has 1 aromatic carbocycles. The molecule has 2 aromatic rings. The van der Waals surface area contributed by atoms with Crippen LogP contribution in [0.1, 0.15) is 38.2 Å². The largest absolute Gasteiger partial charge is 0.346 e. The van der Waals surface area contributed by atoms with Gasteiger partial charge in [0.2, 0.25) is 0 Å². The zero-order valence-electron chi connectivity index (χ0n) is 17.1. The topological polar surface area (TPSA) is 123 Å². The van der Waals surface area contributed by atoms with Crippen LogP contribution in [0.3, 0.4) is 0 Å². The van der Waals surface area contributed by atoms with Crippen molar-refractivity contribution in [3.8, 4) is 0 Å². The van der Waals surface area contributed by atoms with E-state index >= 15 is 0 Å². The molecule has 10 nitrogen and oxygen atoms in total. The van der Waals surface area contributed by atoms with Crippen LogP contribution >= 0.6 is 11.8 Å². The van der Waals surface area contributed by atoms with Gasteiger partial charge >= 0.3 is 6.03 Å². The first kappa shape index (κ1) is 21.0. The normalized spacial score (nSPS) is 23.7. The number of hydrazone groups is 1. The van der Waals surface area contributed by atoms with Gasteiger partial charge in [0.05, 0.1) is 16.0 Å². The number of carbonyl (C=O) groups is 2. The Morgan fingerprint density at radius 1 is 1.35 bits per heavy atom. The third-order valence-electron chi connectivity index (χ3n) is 5.75. The Balaban J connectivity index is 1.54. The molecule has 31 heavy (non-hydrogen) atoms. The molecule has 3 amide bonds. The predicted molar refractivity (Wildman–Crippen MR) is 114 cm³/mol. The van der Waals surface area contributed by atoms with Crippen LogP contribution in [0, 0.1) is 16.0 Å². The summed E-state index contributed by atoms with van der Waals surface area (Å²) < 4.78 is 1.77. The third-order valence-corrected chi connectivity index (χ3v) is 6.89. The summed E-state index contributed by atoms with van der Waals surface area (Å²) in [6.07, 6.45) is 7.59. The lowest BCUT2D eigenvalue weighted by atomic mass is 9.77. The molecule has 4 rings (SSSR count). The van der Waals surface area contributed by atoms with Gasteiger partial charge in [0.1, 0.15) is 5.54 Å². The Bertz CT molecular complexity index is 1070. The van der Waals surface area contributed by atoms with Crippen molar-refractivity contribution in [2.24, 2.45) is 18.1 Å². The molecule has 2 fully saturated rings. The minimum atomic E-state index is -0.879. The molecule has 1 N–H and O–H groups in total. The van der Waals surface area contributed by atoms with E-state index in [-0.39, 0.29) is 11.6 Å². The first-order valence-corrected chi connectivity index (χ1v) is 10.7. The van der Waals surface area contributed by atoms with Gasteiger partial charge < -0.3 is 9.88 Å². The number of aromatic nitrogens is 2. The summed E-state index contributed by atoms with van der Waals surface area (Å²) in [4.78, 5) is 40.9. The van der Waals surface area contributed by atoms with Gasteiger partial charge in [-0.1, -0.05) is 13.0 Å². The van der Waals surface area contributed by atoms with Crippen LogP contribution in [0.2, 0.25) is 0 Å². The number of imidazole rings is 1. The Morgan fingerprint density at radius 3 is 2.74 bits per heavy atom. The summed E-state index contributed by atoms with van der Waals surface area (Å²) in [6, 6.07) is 4.06. The molecule has 1 aliphatic heterocycles. The number of nitrogens with zero attached hydrogens (tertiary/aromatic N) is 5. The maximum absolute atomic E-state index is 12.9. The summed E-state index contributed by atoms with van der Waals surface area (Å²) >= 11 is 1.18. The standard InChI is InChI=1S/C20H22N6O4S/c1-13-5-7-20(8-6-13)17(27)25(18(28)23-20)22-12-14-3-4-16(15(11-14)26(29)30)31-19-21-9-10-24(19)2/h3-4,9-13H,5-8H2,1-2H3,(H,23,28). The van der Waals surface area contributed by atoms with Crippen LogP contribution in [0.15, 0.2) is 45.7 Å². The number of carbonyl (C=O) groups excluding carboxylic acids is 2. The first-order chi connectivity index (χ1) is 14.8. The molecule has 1 saturated heterocycles. The molecule has 2 heterocycles. The number of imide groups is 1. The highest BCUT2D eigenvalue weighted by molar-refractivity contribution is 7.99. The van der Waals surface area contributed by atoms with Gasteiger partial charge in [0.15, 0.2) is 5.16 Å². The molecule has 1 aliphatic carbocycles. The van der Waals surface area contributed by atoms with Crippen LogP contribution in [0.4, 0.5) is 10.5 Å². The maximum Gasteiger partial charge on any atom is 0.346 e. The fourth-order valence-corrected chi connectivity index (χ4v) is 4.71. The van der Waals surface area contributed by atoms with E-state index in [4.69, 9.17) is 0 Å². The van der Waals surface area contributed by atoms with E-state index in [1.54, 1.807) is 36.1 Å². The fraction of sp³-hybridized carbons (Fsp3) is 0.400. The Morgan fingerprint density at radius 2 is 2.10 bits per heavy atom. The Hall–Kier alpha value is -3.21. The summed E-state index contributed by atoms with van der Waals surface area (Å²) in [7, 11) is 1.81. The molecule has 0 bridgehead atoms. The van der Waals surface area contributed by atoms with E-state index in [0.29, 0.717) is 34.4 Å². The van der Waals surface area contributed by atoms with E-state index in [0.717, 1.165) is 17.9 Å². The van der Waals surface area contributed by atoms with Crippen molar-refractivity contribution in [3.63, 3.8) is 0 Å². The van der Waals surface area contributed by atoms with Gasteiger partial charge in [0.25, 0.3) is 11.6 Å². The van der Waals surface area contributed by atoms with Crippen LogP contribution in [-0.2, 0) is 11.8 Å². The highest BCUT2D eigenvalue weighted by Crippen LogP contribution is 2.37. The maximum atomic E-state index is 12.9. The minimum absolute atomic E-state index is 0.105. The lowest BCUT2D eigenvalue weighted by Crippen LogP contribution is -2.49. The fourth-order valence-electron chi connectivity index (χ4n) is 3.82. The number of amides is 3. The Kier molecular flexibility index (Phi) is 5.52. The average molecular weight is 443 g/mol. The number of benzene rings is 1. The monoisotopic (exact) mass is 442 g/mol. The summed E-state index contributed by atoms with van der Waals surface area (Å²) in [6.45, 7) is 2.13. The Labute approximate surface area is 182 Å². The van der Waals surface area contributed by atoms with Crippen molar-refractivity contribution < 1.29 is 14.5 Å². The predicted octanol–water partition coefficient (Wildman–Crippen LogP) is 3.31. The van der Waals surface area contributed by atoms with Crippen LogP contribution < -0.4 is 5.32 Å². The lowest BCUT2D eigenvalue weighted by molar-refractivity contribution is -0.387. The highest BCUT2D eigenvalue weighted by Gasteiger charge is 2.52. The summed E-state index contributed by atoms with van der Waals surface area (Å²) in [5, 5.41) is 19.9. The van der Waals surface area contributed by atoms with E-state index in [2.05, 4.69) is 22.3 Å². The zero-order chi connectivity index (χ0) is 22.2. The van der Waals surface area contributed by atoms with E-state index in [1.165, 1.54) is 24.0 Å². The van der Waals surface area contributed by atoms with E-state index < -0.39 is 16.5 Å². The number of aryl methyl sites for hydroxylation is 1. The third kappa shape index (κ3) is 4.05. The van der Waals surface area contributed by atoms with Crippen LogP contribution in [0.5, 0.6) is 0 Å². The molecule has 2 aliphatic rings. The molecule has 11 heteroatoms. The van der Waals surface area contributed by atoms with Crippen molar-refractivity contribution in [2.45, 2.75) is 48.2 Å². The molecule has 162 valence electrons. The molecule has 1 spiro atoms. The second-order valence-electron chi connectivity index (χ2n) is 7.96. The van der Waals surface area contributed by atoms with Crippen molar-refractivity contribution in [1.82, 2.24) is 19.9 Å². The zero-order valence-corrected chi connectivity index (χ0v) is 18.0. The van der Waals surface area contributed by atoms with Crippen molar-refractivity contribution in [1.29, 1.82) is 0 Å². The smallest absolute Gasteiger partial charge is 0.329 e. The highest BCUT2D eigenvalue weighted by atomic mass is 32.2. The summed E-state index contributed by atoms with van der Waals surface area (Å²) in [5.74, 6) is 0.160. The van der Waals surface area contributed by atoms with Crippen molar-refractivity contribution in [3.05, 3.63) is 46.3 Å². The average Bonchev–Trinajstić information content (AvgIpc) is 3.24. The number of nitro benzene ring substituents is 1. The number of hydrogen-bond donors (Lipinski definition) is 1. The molecule has 0 radical (unpaired) electrons. The van der Waals surface area contributed by atoms with Gasteiger partial charge in [-0.2, -0.15) is 5.10 Å². The van der Waals surface area contributed by atoms with Crippen molar-refractivity contribution >= 4 is 35.6 Å². The minimum Gasteiger partial charge on any atom is -0.329 e. The van der Waals surface area contributed by atoms with Gasteiger partial charge in [0, 0.05) is 31.1 Å². The van der Waals surface area contributed by atoms with Gasteiger partial charge in [-0.05, 0) is 49.4 Å². The molecular formula is C20H22N6O4S. The molecule has 0 atom stereocenters. The quantitative estimate of drug-likeness (QED) is 0.328. The molecule has 1 aromatic heterocycles. The van der Waals surface area contributed by atoms with Crippen LogP contribution in [0.25, 0.3) is 0 Å². The van der Waals surface area contributed by atoms with E-state index in [1.807, 2.05) is 0 Å². The van der Waals surface area contributed by atoms with Crippen LogP contribution in [-0.4, -0.2) is 43.2 Å². The first-order valence-electron chi connectivity index (χ1n) is 9.93. The molecule has 1 saturated carbocycles. The number of nitro groups is 1. The SMILES string of the molecule is CC1CCC2(CC1)NC(=O)N(N=Cc1ccc(Sc3nccn3C)c([N+](=O)[O-])c1)C2=O. The van der Waals surface area contributed by atoms with Gasteiger partial charge in [-0.3, -0.25) is 14.9 Å². The lowest BCUT2D eigenvalue weighted by Gasteiger charge is -2.33. The number of urea groups is 1. The van der Waals surface area contributed by atoms with Crippen molar-refractivity contribution in [2.75, 3.05) is 0 Å². The number of rotatable bonds is 5. The molecule has 0 unspecified atom stereocenters. The van der Waals surface area contributed by atoms with E-state index in [9.17, 15) is 19.7 Å². The number of nitrogens with one attached hydrogen (secondary N) is 1. The summed E-state index contributed by atoms with van der Waals surface area (Å²) in [5.41, 5.74) is -0.572. The van der Waals surface area contributed by atoms with Gasteiger partial charge in [-0.25, -0.2) is 9.78 Å². The second-order valence-corrected chi connectivity index (χ2v) is 8.97. The van der Waals surface area contributed by atoms with Gasteiger partial charge in [-0.15, -0.1) is 5.01 Å².